The molecule has 3 aromatic rings. The first-order valence-corrected chi connectivity index (χ1v) is 10.6. The van der Waals surface area contributed by atoms with Crippen LogP contribution in [0, 0.1) is 13.8 Å². The number of fused-ring (bicyclic) bond motifs is 1. The van der Waals surface area contributed by atoms with E-state index in [1.807, 2.05) is 53.2 Å². The topological polar surface area (TPSA) is 80.6 Å². The Morgan fingerprint density at radius 2 is 1.81 bits per heavy atom. The van der Waals surface area contributed by atoms with Crippen molar-refractivity contribution in [3.05, 3.63) is 70.9 Å². The zero-order valence-corrected chi connectivity index (χ0v) is 18.3. The third-order valence-electron chi connectivity index (χ3n) is 5.70. The molecule has 2 aromatic carbocycles. The van der Waals surface area contributed by atoms with Crippen LogP contribution in [-0.2, 0) is 16.1 Å². The van der Waals surface area contributed by atoms with Crippen molar-refractivity contribution in [3.8, 4) is 5.75 Å². The fraction of sp³-hybridized carbons (Fsp3) is 0.240. The van der Waals surface area contributed by atoms with Crippen molar-refractivity contribution in [2.45, 2.75) is 27.3 Å². The number of ether oxygens (including phenoxy) is 1. The molecule has 0 saturated carbocycles. The number of nitrogens with zero attached hydrogens (tertiary/aromatic N) is 2. The largest absolute Gasteiger partial charge is 0.492 e. The number of carbonyl (C=O) groups excluding carboxylic acids is 3. The Kier molecular flexibility index (Phi) is 5.81. The zero-order valence-electron chi connectivity index (χ0n) is 18.3. The molecule has 32 heavy (non-hydrogen) atoms. The average Bonchev–Trinajstić information content (AvgIpc) is 3.11. The van der Waals surface area contributed by atoms with Gasteiger partial charge in [0.1, 0.15) is 17.9 Å². The molecule has 1 aliphatic rings. The van der Waals surface area contributed by atoms with Gasteiger partial charge in [0.05, 0.1) is 6.54 Å². The van der Waals surface area contributed by atoms with Crippen LogP contribution >= 0.6 is 0 Å². The molecule has 0 bridgehead atoms. The van der Waals surface area contributed by atoms with E-state index in [-0.39, 0.29) is 12.1 Å². The number of aromatic nitrogens is 1. The second-order valence-corrected chi connectivity index (χ2v) is 7.76. The Hall–Kier alpha value is -3.87. The molecule has 7 nitrogen and oxygen atoms in total. The standard InChI is InChI=1S/C25H25N3O4/c1-4-28-24(30)21(23(29)26-25(28)31)14-18-15-27(22-8-6-5-7-20(18)22)11-12-32-19-10-9-16(2)17(3)13-19/h5-10,13-15H,4,11-12H2,1-3H3,(H,26,29,31). The number of hydrogen-bond donors (Lipinski definition) is 1. The summed E-state index contributed by atoms with van der Waals surface area (Å²) < 4.78 is 7.97. The van der Waals surface area contributed by atoms with Gasteiger partial charge in [0.15, 0.2) is 0 Å². The number of imide groups is 2. The van der Waals surface area contributed by atoms with Crippen LogP contribution in [0.3, 0.4) is 0 Å². The van der Waals surface area contributed by atoms with Crippen LogP contribution in [0.5, 0.6) is 5.75 Å². The normalized spacial score (nSPS) is 15.5. The number of nitrogens with one attached hydrogen (secondary N) is 1. The van der Waals surface area contributed by atoms with E-state index >= 15 is 0 Å². The minimum absolute atomic E-state index is 0.0549. The van der Waals surface area contributed by atoms with Gasteiger partial charge in [0, 0.05) is 29.2 Å². The Balaban J connectivity index is 1.60. The van der Waals surface area contributed by atoms with Gasteiger partial charge in [0.25, 0.3) is 11.8 Å². The highest BCUT2D eigenvalue weighted by atomic mass is 16.5. The van der Waals surface area contributed by atoms with E-state index in [1.165, 1.54) is 11.1 Å². The summed E-state index contributed by atoms with van der Waals surface area (Å²) in [5.74, 6) is -0.448. The molecule has 7 heteroatoms. The zero-order chi connectivity index (χ0) is 22.8. The van der Waals surface area contributed by atoms with E-state index in [2.05, 4.69) is 19.2 Å². The molecule has 164 valence electrons. The summed E-state index contributed by atoms with van der Waals surface area (Å²) in [6.07, 6.45) is 3.45. The number of urea groups is 1. The number of rotatable bonds is 6. The highest BCUT2D eigenvalue weighted by molar-refractivity contribution is 6.31. The molecule has 0 radical (unpaired) electrons. The van der Waals surface area contributed by atoms with Crippen molar-refractivity contribution in [2.75, 3.05) is 13.2 Å². The summed E-state index contributed by atoms with van der Waals surface area (Å²) in [6.45, 7) is 7.05. The summed E-state index contributed by atoms with van der Waals surface area (Å²) >= 11 is 0. The predicted octanol–water partition coefficient (Wildman–Crippen LogP) is 3.82. The molecule has 1 N–H and O–H groups in total. The fourth-order valence-corrected chi connectivity index (χ4v) is 3.78. The molecule has 1 aromatic heterocycles. The van der Waals surface area contributed by atoms with E-state index in [1.54, 1.807) is 13.0 Å². The van der Waals surface area contributed by atoms with Gasteiger partial charge >= 0.3 is 6.03 Å². The molecule has 2 heterocycles. The van der Waals surface area contributed by atoms with Gasteiger partial charge in [-0.25, -0.2) is 4.79 Å². The molecule has 0 unspecified atom stereocenters. The van der Waals surface area contributed by atoms with E-state index in [9.17, 15) is 14.4 Å². The van der Waals surface area contributed by atoms with E-state index in [0.717, 1.165) is 27.1 Å². The first-order chi connectivity index (χ1) is 15.4. The van der Waals surface area contributed by atoms with Gasteiger partial charge in [-0.3, -0.25) is 19.8 Å². The monoisotopic (exact) mass is 431 g/mol. The molecule has 0 aliphatic carbocycles. The van der Waals surface area contributed by atoms with Crippen LogP contribution in [0.1, 0.15) is 23.6 Å². The minimum Gasteiger partial charge on any atom is -0.492 e. The van der Waals surface area contributed by atoms with Gasteiger partial charge in [-0.2, -0.15) is 0 Å². The number of carbonyl (C=O) groups is 3. The highest BCUT2D eigenvalue weighted by Gasteiger charge is 2.34. The van der Waals surface area contributed by atoms with Gasteiger partial charge < -0.3 is 9.30 Å². The third kappa shape index (κ3) is 4.01. The molecule has 0 atom stereocenters. The Morgan fingerprint density at radius 1 is 1.03 bits per heavy atom. The first-order valence-electron chi connectivity index (χ1n) is 10.6. The molecule has 4 amide bonds. The van der Waals surface area contributed by atoms with Crippen molar-refractivity contribution in [1.82, 2.24) is 14.8 Å². The summed E-state index contributed by atoms with van der Waals surface area (Å²) in [5.41, 5.74) is 4.04. The van der Waals surface area contributed by atoms with E-state index in [4.69, 9.17) is 4.74 Å². The summed E-state index contributed by atoms with van der Waals surface area (Å²) in [4.78, 5) is 37.9. The maximum absolute atomic E-state index is 12.7. The molecule has 1 aliphatic heterocycles. The number of likely N-dealkylation sites (N-methyl/N-ethyl adjacent to an activating group) is 1. The van der Waals surface area contributed by atoms with Gasteiger partial charge in [-0.1, -0.05) is 24.3 Å². The molecule has 1 saturated heterocycles. The fourth-order valence-electron chi connectivity index (χ4n) is 3.78. The highest BCUT2D eigenvalue weighted by Crippen LogP contribution is 2.25. The minimum atomic E-state index is -0.689. The SMILES string of the molecule is CCN1C(=O)NC(=O)C(=Cc2cn(CCOc3ccc(C)c(C)c3)c3ccccc23)C1=O. The number of benzene rings is 2. The lowest BCUT2D eigenvalue weighted by atomic mass is 10.1. The van der Waals surface area contributed by atoms with Crippen molar-refractivity contribution >= 4 is 34.8 Å². The van der Waals surface area contributed by atoms with Crippen LogP contribution in [0.2, 0.25) is 0 Å². The number of aryl methyl sites for hydroxylation is 2. The Labute approximate surface area is 186 Å². The van der Waals surface area contributed by atoms with Crippen molar-refractivity contribution in [2.24, 2.45) is 0 Å². The van der Waals surface area contributed by atoms with Gasteiger partial charge in [0.2, 0.25) is 0 Å². The number of amides is 4. The van der Waals surface area contributed by atoms with Crippen LogP contribution in [0.15, 0.2) is 54.2 Å². The molecule has 4 rings (SSSR count). The van der Waals surface area contributed by atoms with Crippen LogP contribution in [0.25, 0.3) is 17.0 Å². The third-order valence-corrected chi connectivity index (χ3v) is 5.70. The Morgan fingerprint density at radius 3 is 2.56 bits per heavy atom. The Bertz CT molecular complexity index is 1260. The van der Waals surface area contributed by atoms with Crippen LogP contribution < -0.4 is 10.1 Å². The van der Waals surface area contributed by atoms with Gasteiger partial charge in [-0.15, -0.1) is 0 Å². The number of para-hydroxylation sites is 1. The van der Waals surface area contributed by atoms with E-state index < -0.39 is 17.8 Å². The van der Waals surface area contributed by atoms with Gasteiger partial charge in [-0.05, 0) is 56.2 Å². The second kappa shape index (κ2) is 8.70. The first kappa shape index (κ1) is 21.4. The molecular formula is C25H25N3O4. The number of hydrogen-bond acceptors (Lipinski definition) is 4. The van der Waals surface area contributed by atoms with Crippen LogP contribution in [-0.4, -0.2) is 40.5 Å². The lowest BCUT2D eigenvalue weighted by Gasteiger charge is -2.24. The molecule has 1 fully saturated rings. The van der Waals surface area contributed by atoms with Crippen molar-refractivity contribution < 1.29 is 19.1 Å². The summed E-state index contributed by atoms with van der Waals surface area (Å²) in [5, 5.41) is 3.14. The molecular weight excluding hydrogens is 406 g/mol. The molecule has 0 spiro atoms. The lowest BCUT2D eigenvalue weighted by molar-refractivity contribution is -0.129. The lowest BCUT2D eigenvalue weighted by Crippen LogP contribution is -2.53. The predicted molar refractivity (Wildman–Crippen MR) is 122 cm³/mol. The smallest absolute Gasteiger partial charge is 0.331 e. The maximum Gasteiger partial charge on any atom is 0.331 e. The van der Waals surface area contributed by atoms with E-state index in [0.29, 0.717) is 13.2 Å². The quantitative estimate of drug-likeness (QED) is 0.475. The summed E-state index contributed by atoms with van der Waals surface area (Å²) in [7, 11) is 0. The summed E-state index contributed by atoms with van der Waals surface area (Å²) in [6, 6.07) is 13.1. The second-order valence-electron chi connectivity index (χ2n) is 7.76. The van der Waals surface area contributed by atoms with Crippen LogP contribution in [0.4, 0.5) is 4.79 Å². The van der Waals surface area contributed by atoms with Crippen molar-refractivity contribution in [1.29, 1.82) is 0 Å². The average molecular weight is 431 g/mol. The number of barbiturate groups is 1. The maximum atomic E-state index is 12.7. The van der Waals surface area contributed by atoms with Crippen molar-refractivity contribution in [3.63, 3.8) is 0 Å².